The van der Waals surface area contributed by atoms with Crippen molar-refractivity contribution in [3.05, 3.63) is 29.1 Å². The molecule has 2 N–H and O–H groups in total. The molecule has 0 saturated carbocycles. The number of aryl methyl sites for hydroxylation is 1. The van der Waals surface area contributed by atoms with Crippen molar-refractivity contribution in [3.8, 4) is 0 Å². The standard InChI is InChI=1S/C8H10F2N2/c1-5-2-6(4-11)12-7(3-5)8(9)10/h2-3,8H,4,11H2,1H3. The van der Waals surface area contributed by atoms with Gasteiger partial charge in [0, 0.05) is 6.54 Å². The molecule has 1 heterocycles. The normalized spacial score (nSPS) is 10.8. The highest BCUT2D eigenvalue weighted by atomic mass is 19.3. The number of hydrogen-bond donors (Lipinski definition) is 1. The molecule has 0 aliphatic heterocycles. The van der Waals surface area contributed by atoms with Gasteiger partial charge in [-0.2, -0.15) is 0 Å². The third-order valence-corrected chi connectivity index (χ3v) is 1.48. The molecule has 0 amide bonds. The van der Waals surface area contributed by atoms with Crippen LogP contribution in [0.4, 0.5) is 8.78 Å². The van der Waals surface area contributed by atoms with E-state index in [1.807, 2.05) is 0 Å². The Balaban J connectivity index is 3.06. The second kappa shape index (κ2) is 3.58. The molecule has 1 aromatic rings. The fourth-order valence-corrected chi connectivity index (χ4v) is 0.984. The van der Waals surface area contributed by atoms with Crippen LogP contribution in [-0.2, 0) is 6.54 Å². The van der Waals surface area contributed by atoms with Crippen LogP contribution in [0.3, 0.4) is 0 Å². The van der Waals surface area contributed by atoms with E-state index in [-0.39, 0.29) is 12.2 Å². The molecule has 2 nitrogen and oxygen atoms in total. The van der Waals surface area contributed by atoms with Gasteiger partial charge in [0.15, 0.2) is 0 Å². The number of hydrogen-bond acceptors (Lipinski definition) is 2. The highest BCUT2D eigenvalue weighted by molar-refractivity contribution is 5.20. The van der Waals surface area contributed by atoms with Gasteiger partial charge in [0.1, 0.15) is 5.69 Å². The van der Waals surface area contributed by atoms with Crippen molar-refractivity contribution in [2.24, 2.45) is 5.73 Å². The summed E-state index contributed by atoms with van der Waals surface area (Å²) in [6, 6.07) is 3.07. The summed E-state index contributed by atoms with van der Waals surface area (Å²) in [4.78, 5) is 3.68. The second-order valence-corrected chi connectivity index (χ2v) is 2.57. The van der Waals surface area contributed by atoms with Crippen molar-refractivity contribution >= 4 is 0 Å². The summed E-state index contributed by atoms with van der Waals surface area (Å²) in [5.74, 6) is 0. The first-order valence-electron chi connectivity index (χ1n) is 3.59. The number of halogens is 2. The Morgan fingerprint density at radius 1 is 1.50 bits per heavy atom. The molecule has 1 aromatic heterocycles. The number of pyridine rings is 1. The van der Waals surface area contributed by atoms with E-state index < -0.39 is 6.43 Å². The van der Waals surface area contributed by atoms with Gasteiger partial charge in [-0.1, -0.05) is 0 Å². The van der Waals surface area contributed by atoms with Gasteiger partial charge in [0.05, 0.1) is 5.69 Å². The van der Waals surface area contributed by atoms with Crippen LogP contribution in [0.25, 0.3) is 0 Å². The maximum Gasteiger partial charge on any atom is 0.280 e. The highest BCUT2D eigenvalue weighted by Crippen LogP contribution is 2.17. The minimum Gasteiger partial charge on any atom is -0.325 e. The SMILES string of the molecule is Cc1cc(CN)nc(C(F)F)c1. The first-order valence-corrected chi connectivity index (χ1v) is 3.59. The first-order chi connectivity index (χ1) is 5.63. The van der Waals surface area contributed by atoms with Crippen molar-refractivity contribution in [2.75, 3.05) is 0 Å². The monoisotopic (exact) mass is 172 g/mol. The molecule has 4 heteroatoms. The van der Waals surface area contributed by atoms with Gasteiger partial charge in [-0.3, -0.25) is 4.98 Å². The molecule has 0 aliphatic rings. The molecule has 0 radical (unpaired) electrons. The van der Waals surface area contributed by atoms with Crippen LogP contribution in [0, 0.1) is 6.92 Å². The van der Waals surface area contributed by atoms with Crippen LogP contribution < -0.4 is 5.73 Å². The summed E-state index contributed by atoms with van der Waals surface area (Å²) in [7, 11) is 0. The molecule has 0 aliphatic carbocycles. The molecule has 0 spiro atoms. The van der Waals surface area contributed by atoms with Gasteiger partial charge < -0.3 is 5.73 Å². The van der Waals surface area contributed by atoms with E-state index in [9.17, 15) is 8.78 Å². The Bertz CT molecular complexity index is 274. The molecule has 0 bridgehead atoms. The number of rotatable bonds is 2. The molecule has 0 fully saturated rings. The Hall–Kier alpha value is -1.03. The Labute approximate surface area is 69.4 Å². The molecule has 66 valence electrons. The zero-order valence-corrected chi connectivity index (χ0v) is 6.72. The van der Waals surface area contributed by atoms with Crippen molar-refractivity contribution in [1.29, 1.82) is 0 Å². The van der Waals surface area contributed by atoms with Gasteiger partial charge in [-0.05, 0) is 24.6 Å². The topological polar surface area (TPSA) is 38.9 Å². The minimum absolute atomic E-state index is 0.196. The van der Waals surface area contributed by atoms with E-state index in [1.165, 1.54) is 6.07 Å². The van der Waals surface area contributed by atoms with Crippen molar-refractivity contribution < 1.29 is 8.78 Å². The van der Waals surface area contributed by atoms with Gasteiger partial charge >= 0.3 is 0 Å². The zero-order chi connectivity index (χ0) is 9.14. The van der Waals surface area contributed by atoms with Crippen LogP contribution in [0.1, 0.15) is 23.4 Å². The molecular formula is C8H10F2N2. The van der Waals surface area contributed by atoms with Crippen molar-refractivity contribution in [2.45, 2.75) is 19.9 Å². The lowest BCUT2D eigenvalue weighted by Crippen LogP contribution is -2.03. The predicted octanol–water partition coefficient (Wildman–Crippen LogP) is 1.79. The molecule has 0 aromatic carbocycles. The Kier molecular flexibility index (Phi) is 2.70. The molecule has 0 saturated heterocycles. The van der Waals surface area contributed by atoms with Gasteiger partial charge in [-0.15, -0.1) is 0 Å². The van der Waals surface area contributed by atoms with E-state index in [1.54, 1.807) is 13.0 Å². The number of aromatic nitrogens is 1. The number of nitrogens with zero attached hydrogens (tertiary/aromatic N) is 1. The summed E-state index contributed by atoms with van der Waals surface area (Å²) >= 11 is 0. The highest BCUT2D eigenvalue weighted by Gasteiger charge is 2.09. The van der Waals surface area contributed by atoms with Crippen molar-refractivity contribution in [3.63, 3.8) is 0 Å². The number of nitrogens with two attached hydrogens (primary N) is 1. The summed E-state index contributed by atoms with van der Waals surface area (Å²) in [5, 5.41) is 0. The molecule has 1 rings (SSSR count). The van der Waals surface area contributed by atoms with Crippen LogP contribution in [0.2, 0.25) is 0 Å². The summed E-state index contributed by atoms with van der Waals surface area (Å²) in [6.45, 7) is 1.94. The maximum absolute atomic E-state index is 12.2. The lowest BCUT2D eigenvalue weighted by atomic mass is 10.2. The van der Waals surface area contributed by atoms with Gasteiger partial charge in [0.2, 0.25) is 0 Å². The molecule has 12 heavy (non-hydrogen) atoms. The fraction of sp³-hybridized carbons (Fsp3) is 0.375. The van der Waals surface area contributed by atoms with Gasteiger partial charge in [0.25, 0.3) is 6.43 Å². The lowest BCUT2D eigenvalue weighted by Gasteiger charge is -2.03. The van der Waals surface area contributed by atoms with E-state index in [4.69, 9.17) is 5.73 Å². The van der Waals surface area contributed by atoms with E-state index in [0.717, 1.165) is 5.56 Å². The minimum atomic E-state index is -2.52. The first kappa shape index (κ1) is 9.06. The smallest absolute Gasteiger partial charge is 0.280 e. The van der Waals surface area contributed by atoms with Crippen LogP contribution in [0.15, 0.2) is 12.1 Å². The van der Waals surface area contributed by atoms with E-state index in [2.05, 4.69) is 4.98 Å². The van der Waals surface area contributed by atoms with Crippen LogP contribution in [0.5, 0.6) is 0 Å². The second-order valence-electron chi connectivity index (χ2n) is 2.57. The molecule has 0 unspecified atom stereocenters. The van der Waals surface area contributed by atoms with Crippen molar-refractivity contribution in [1.82, 2.24) is 4.98 Å². The quantitative estimate of drug-likeness (QED) is 0.738. The average Bonchev–Trinajstić information content (AvgIpc) is 2.03. The van der Waals surface area contributed by atoms with E-state index >= 15 is 0 Å². The Morgan fingerprint density at radius 2 is 2.17 bits per heavy atom. The molecular weight excluding hydrogens is 162 g/mol. The average molecular weight is 172 g/mol. The fourth-order valence-electron chi connectivity index (χ4n) is 0.984. The Morgan fingerprint density at radius 3 is 2.67 bits per heavy atom. The predicted molar refractivity (Wildman–Crippen MR) is 41.8 cm³/mol. The van der Waals surface area contributed by atoms with Crippen LogP contribution >= 0.6 is 0 Å². The summed E-state index contributed by atoms with van der Waals surface area (Å²) in [6.07, 6.45) is -2.52. The number of alkyl halides is 2. The van der Waals surface area contributed by atoms with Crippen LogP contribution in [-0.4, -0.2) is 4.98 Å². The van der Waals surface area contributed by atoms with E-state index in [0.29, 0.717) is 5.69 Å². The van der Waals surface area contributed by atoms with Gasteiger partial charge in [-0.25, -0.2) is 8.78 Å². The third kappa shape index (κ3) is 1.98. The molecule has 0 atom stereocenters. The summed E-state index contributed by atoms with van der Waals surface area (Å²) < 4.78 is 24.3. The largest absolute Gasteiger partial charge is 0.325 e. The summed E-state index contributed by atoms with van der Waals surface area (Å²) in [5.41, 5.74) is 6.35. The zero-order valence-electron chi connectivity index (χ0n) is 6.72. The lowest BCUT2D eigenvalue weighted by molar-refractivity contribution is 0.145. The third-order valence-electron chi connectivity index (χ3n) is 1.48. The maximum atomic E-state index is 12.2.